The molecule has 0 aromatic heterocycles. The van der Waals surface area contributed by atoms with Gasteiger partial charge in [0.05, 0.1) is 0 Å². The van der Waals surface area contributed by atoms with Gasteiger partial charge in [-0.1, -0.05) is 84.5 Å². The minimum absolute atomic E-state index is 0.0835. The van der Waals surface area contributed by atoms with Crippen LogP contribution in [0.1, 0.15) is 40.7 Å². The summed E-state index contributed by atoms with van der Waals surface area (Å²) >= 11 is 0. The molecule has 0 bridgehead atoms. The molecule has 160 valence electrons. The first-order chi connectivity index (χ1) is 15.7. The third-order valence-corrected chi connectivity index (χ3v) is 6.39. The molecule has 0 unspecified atom stereocenters. The van der Waals surface area contributed by atoms with Crippen molar-refractivity contribution in [2.75, 3.05) is 19.6 Å². The molecule has 3 aromatic rings. The molecule has 0 spiro atoms. The van der Waals surface area contributed by atoms with Crippen LogP contribution < -0.4 is 0 Å². The van der Waals surface area contributed by atoms with Crippen LogP contribution in [0.2, 0.25) is 0 Å². The topological polar surface area (TPSA) is 43.7 Å². The van der Waals surface area contributed by atoms with E-state index in [0.29, 0.717) is 0 Å². The highest BCUT2D eigenvalue weighted by Crippen LogP contribution is 2.38. The number of aromatic hydroxyl groups is 2. The maximum Gasteiger partial charge on any atom is 0.157 e. The predicted octanol–water partition coefficient (Wildman–Crippen LogP) is 6.19. The lowest BCUT2D eigenvalue weighted by atomic mass is 9.86. The van der Waals surface area contributed by atoms with Crippen molar-refractivity contribution in [3.63, 3.8) is 0 Å². The standard InChI is InChI=1S/C29H27NO2/c31-27-14-11-21(20-28(27)32)6-5-17-30-18-15-24(16-19-30)29-25-9-3-1-7-22(25)12-13-23-8-2-4-10-26(23)29/h1-14,20,31-32H,15-19H2. The summed E-state index contributed by atoms with van der Waals surface area (Å²) in [6.07, 6.45) is 10.7. The van der Waals surface area contributed by atoms with Crippen LogP contribution in [-0.2, 0) is 0 Å². The van der Waals surface area contributed by atoms with Gasteiger partial charge in [0.15, 0.2) is 11.5 Å². The number of phenolic OH excluding ortho intramolecular Hbond substituents is 2. The minimum Gasteiger partial charge on any atom is -0.504 e. The lowest BCUT2D eigenvalue weighted by molar-refractivity contribution is 0.284. The monoisotopic (exact) mass is 421 g/mol. The van der Waals surface area contributed by atoms with Gasteiger partial charge < -0.3 is 10.2 Å². The molecule has 3 heteroatoms. The number of rotatable bonds is 3. The molecule has 0 amide bonds. The number of benzene rings is 3. The molecule has 3 aromatic carbocycles. The average Bonchev–Trinajstić information content (AvgIpc) is 2.99. The zero-order valence-corrected chi connectivity index (χ0v) is 18.0. The fraction of sp³-hybridized carbons (Fsp3) is 0.172. The lowest BCUT2D eigenvalue weighted by Gasteiger charge is -2.29. The van der Waals surface area contributed by atoms with Gasteiger partial charge in [-0.05, 0) is 58.4 Å². The molecule has 0 atom stereocenters. The Balaban J connectivity index is 1.35. The van der Waals surface area contributed by atoms with E-state index in [1.165, 1.54) is 39.5 Å². The van der Waals surface area contributed by atoms with E-state index in [1.54, 1.807) is 12.1 Å². The summed E-state index contributed by atoms with van der Waals surface area (Å²) in [4.78, 5) is 2.47. The summed E-state index contributed by atoms with van der Waals surface area (Å²) in [7, 11) is 0. The summed E-state index contributed by atoms with van der Waals surface area (Å²) < 4.78 is 0. The molecule has 1 fully saturated rings. The van der Waals surface area contributed by atoms with Gasteiger partial charge in [-0.15, -0.1) is 0 Å². The lowest BCUT2D eigenvalue weighted by Crippen LogP contribution is -2.31. The number of nitrogens with zero attached hydrogens (tertiary/aromatic N) is 1. The van der Waals surface area contributed by atoms with Crippen molar-refractivity contribution >= 4 is 23.8 Å². The molecular weight excluding hydrogens is 394 g/mol. The first-order valence-corrected chi connectivity index (χ1v) is 11.2. The van der Waals surface area contributed by atoms with Crippen LogP contribution in [0.15, 0.2) is 78.4 Å². The van der Waals surface area contributed by atoms with Crippen molar-refractivity contribution in [2.45, 2.75) is 12.8 Å². The minimum atomic E-state index is -0.0874. The SMILES string of the molecule is Oc1ccc(C=CCN2CCC(=C3c4ccccc4C=Cc4ccccc43)CC2)cc1O. The molecule has 1 heterocycles. The molecule has 2 aliphatic rings. The quantitative estimate of drug-likeness (QED) is 0.388. The van der Waals surface area contributed by atoms with Crippen molar-refractivity contribution in [3.8, 4) is 11.5 Å². The van der Waals surface area contributed by atoms with Crippen LogP contribution >= 0.6 is 0 Å². The number of hydrogen-bond acceptors (Lipinski definition) is 3. The van der Waals surface area contributed by atoms with Crippen LogP contribution in [0.4, 0.5) is 0 Å². The molecule has 3 nitrogen and oxygen atoms in total. The molecular formula is C29H27NO2. The van der Waals surface area contributed by atoms with Crippen LogP contribution in [0, 0.1) is 0 Å². The third kappa shape index (κ3) is 4.12. The van der Waals surface area contributed by atoms with E-state index in [1.807, 2.05) is 6.08 Å². The van der Waals surface area contributed by atoms with Crippen molar-refractivity contribution < 1.29 is 10.2 Å². The molecule has 1 aliphatic heterocycles. The molecule has 2 N–H and O–H groups in total. The van der Waals surface area contributed by atoms with E-state index < -0.39 is 0 Å². The van der Waals surface area contributed by atoms with Gasteiger partial charge in [0.25, 0.3) is 0 Å². The van der Waals surface area contributed by atoms with Crippen LogP contribution in [-0.4, -0.2) is 34.7 Å². The summed E-state index contributed by atoms with van der Waals surface area (Å²) in [6.45, 7) is 2.93. The smallest absolute Gasteiger partial charge is 0.157 e. The highest BCUT2D eigenvalue weighted by atomic mass is 16.3. The summed E-state index contributed by atoms with van der Waals surface area (Å²) in [5, 5.41) is 19.1. The number of likely N-dealkylation sites (tertiary alicyclic amines) is 1. The maximum absolute atomic E-state index is 9.66. The van der Waals surface area contributed by atoms with Crippen molar-refractivity contribution in [3.05, 3.63) is 106 Å². The Morgan fingerprint density at radius 2 is 1.38 bits per heavy atom. The van der Waals surface area contributed by atoms with Gasteiger partial charge in [0.1, 0.15) is 0 Å². The van der Waals surface area contributed by atoms with Gasteiger partial charge >= 0.3 is 0 Å². The van der Waals surface area contributed by atoms with Gasteiger partial charge in [-0.2, -0.15) is 0 Å². The molecule has 0 radical (unpaired) electrons. The number of fused-ring (bicyclic) bond motifs is 2. The summed E-state index contributed by atoms with van der Waals surface area (Å²) in [6, 6.07) is 22.3. The zero-order valence-electron chi connectivity index (χ0n) is 18.0. The Bertz CT molecular complexity index is 1170. The zero-order chi connectivity index (χ0) is 21.9. The van der Waals surface area contributed by atoms with Gasteiger partial charge in [-0.25, -0.2) is 0 Å². The Labute approximate surface area is 189 Å². The number of hydrogen-bond donors (Lipinski definition) is 2. The second kappa shape index (κ2) is 8.89. The average molecular weight is 422 g/mol. The van der Waals surface area contributed by atoms with Crippen LogP contribution in [0.25, 0.3) is 23.8 Å². The highest BCUT2D eigenvalue weighted by Gasteiger charge is 2.22. The fourth-order valence-electron chi connectivity index (χ4n) is 4.68. The molecule has 5 rings (SSSR count). The second-order valence-electron chi connectivity index (χ2n) is 8.44. The van der Waals surface area contributed by atoms with Crippen molar-refractivity contribution in [1.82, 2.24) is 4.90 Å². The summed E-state index contributed by atoms with van der Waals surface area (Å²) in [5.41, 5.74) is 9.09. The maximum atomic E-state index is 9.66. The number of phenols is 2. The molecule has 0 saturated carbocycles. The largest absolute Gasteiger partial charge is 0.504 e. The normalized spacial score (nSPS) is 16.1. The van der Waals surface area contributed by atoms with E-state index in [-0.39, 0.29) is 11.5 Å². The van der Waals surface area contributed by atoms with E-state index >= 15 is 0 Å². The highest BCUT2D eigenvalue weighted by molar-refractivity contribution is 5.94. The van der Waals surface area contributed by atoms with E-state index in [2.05, 4.69) is 71.7 Å². The molecule has 32 heavy (non-hydrogen) atoms. The number of piperidine rings is 1. The molecule has 1 aliphatic carbocycles. The first-order valence-electron chi connectivity index (χ1n) is 11.2. The van der Waals surface area contributed by atoms with E-state index in [4.69, 9.17) is 0 Å². The Morgan fingerprint density at radius 3 is 2.00 bits per heavy atom. The fourth-order valence-corrected chi connectivity index (χ4v) is 4.68. The Hall–Kier alpha value is -3.56. The Morgan fingerprint density at radius 1 is 0.750 bits per heavy atom. The van der Waals surface area contributed by atoms with Crippen LogP contribution in [0.5, 0.6) is 11.5 Å². The van der Waals surface area contributed by atoms with Crippen LogP contribution in [0.3, 0.4) is 0 Å². The first kappa shape index (κ1) is 20.3. The van der Waals surface area contributed by atoms with Gasteiger partial charge in [-0.3, -0.25) is 4.90 Å². The predicted molar refractivity (Wildman–Crippen MR) is 132 cm³/mol. The second-order valence-corrected chi connectivity index (χ2v) is 8.44. The summed E-state index contributed by atoms with van der Waals surface area (Å²) in [5.74, 6) is -0.171. The van der Waals surface area contributed by atoms with Crippen molar-refractivity contribution in [1.29, 1.82) is 0 Å². The molecule has 1 saturated heterocycles. The Kier molecular flexibility index (Phi) is 5.66. The van der Waals surface area contributed by atoms with Gasteiger partial charge in [0, 0.05) is 19.6 Å². The van der Waals surface area contributed by atoms with Gasteiger partial charge in [0.2, 0.25) is 0 Å². The van der Waals surface area contributed by atoms with Crippen molar-refractivity contribution in [2.24, 2.45) is 0 Å². The van der Waals surface area contributed by atoms with E-state index in [9.17, 15) is 10.2 Å². The van der Waals surface area contributed by atoms with E-state index in [0.717, 1.165) is 38.0 Å². The third-order valence-electron chi connectivity index (χ3n) is 6.39.